The molecule has 1 heterocycles. The molecule has 2 aromatic carbocycles. The van der Waals surface area contributed by atoms with Gasteiger partial charge in [-0.1, -0.05) is 0 Å². The topological polar surface area (TPSA) is 120 Å². The highest BCUT2D eigenvalue weighted by Gasteiger charge is 2.14. The second-order valence-corrected chi connectivity index (χ2v) is 5.34. The summed E-state index contributed by atoms with van der Waals surface area (Å²) in [5.74, 6) is -1.83. The minimum absolute atomic E-state index is 0.0244. The standard InChI is InChI=1S/C18H13NO6/c20-12-4-2-11(3-5-12)19-9-10(1-6-16(23)24)14-7-13(21)8-15(22)17(14)18(19)25/h1-9,20-22H,(H,23,24)/b6-1+. The van der Waals surface area contributed by atoms with Crippen LogP contribution in [-0.2, 0) is 4.79 Å². The maximum Gasteiger partial charge on any atom is 0.328 e. The fourth-order valence-electron chi connectivity index (χ4n) is 2.55. The third-order valence-electron chi connectivity index (χ3n) is 3.65. The molecule has 3 aromatic rings. The van der Waals surface area contributed by atoms with Gasteiger partial charge >= 0.3 is 5.97 Å². The first-order valence-electron chi connectivity index (χ1n) is 7.18. The molecule has 3 rings (SSSR count). The SMILES string of the molecule is O=C(O)/C=C/c1cn(-c2ccc(O)cc2)c(=O)c2c(O)cc(O)cc12. The fourth-order valence-corrected chi connectivity index (χ4v) is 2.55. The molecule has 7 nitrogen and oxygen atoms in total. The van der Waals surface area contributed by atoms with Crippen molar-refractivity contribution >= 4 is 22.8 Å². The van der Waals surface area contributed by atoms with Crippen LogP contribution < -0.4 is 5.56 Å². The largest absolute Gasteiger partial charge is 0.508 e. The van der Waals surface area contributed by atoms with Crippen LogP contribution in [0.2, 0.25) is 0 Å². The number of carboxylic acids is 1. The van der Waals surface area contributed by atoms with Crippen LogP contribution in [0.15, 0.2) is 53.5 Å². The molecule has 0 radical (unpaired) electrons. The quantitative estimate of drug-likeness (QED) is 0.543. The molecule has 0 amide bonds. The Labute approximate surface area is 141 Å². The van der Waals surface area contributed by atoms with Gasteiger partial charge in [0.1, 0.15) is 17.2 Å². The summed E-state index contributed by atoms with van der Waals surface area (Å²) < 4.78 is 1.22. The predicted molar refractivity (Wildman–Crippen MR) is 91.2 cm³/mol. The van der Waals surface area contributed by atoms with E-state index in [4.69, 9.17) is 5.11 Å². The van der Waals surface area contributed by atoms with Crippen molar-refractivity contribution < 1.29 is 25.2 Å². The van der Waals surface area contributed by atoms with Gasteiger partial charge in [0.2, 0.25) is 0 Å². The smallest absolute Gasteiger partial charge is 0.328 e. The highest BCUT2D eigenvalue weighted by atomic mass is 16.4. The lowest BCUT2D eigenvalue weighted by Gasteiger charge is -2.12. The number of hydrogen-bond donors (Lipinski definition) is 4. The van der Waals surface area contributed by atoms with Gasteiger partial charge in [-0.3, -0.25) is 9.36 Å². The van der Waals surface area contributed by atoms with E-state index in [1.807, 2.05) is 0 Å². The number of carboxylic acid groups (broad SMARTS) is 1. The molecular formula is C18H13NO6. The van der Waals surface area contributed by atoms with E-state index in [9.17, 15) is 24.9 Å². The number of aliphatic carboxylic acids is 1. The number of fused-ring (bicyclic) bond motifs is 1. The van der Waals surface area contributed by atoms with E-state index >= 15 is 0 Å². The Morgan fingerprint density at radius 2 is 1.68 bits per heavy atom. The Hall–Kier alpha value is -3.74. The number of benzene rings is 2. The van der Waals surface area contributed by atoms with Crippen molar-refractivity contribution in [1.29, 1.82) is 0 Å². The molecule has 0 saturated heterocycles. The fraction of sp³-hybridized carbons (Fsp3) is 0. The zero-order valence-corrected chi connectivity index (χ0v) is 12.7. The van der Waals surface area contributed by atoms with Gasteiger partial charge < -0.3 is 20.4 Å². The van der Waals surface area contributed by atoms with E-state index in [1.54, 1.807) is 0 Å². The molecule has 0 aliphatic carbocycles. The first kappa shape index (κ1) is 16.1. The number of hydrogen-bond acceptors (Lipinski definition) is 5. The van der Waals surface area contributed by atoms with Gasteiger partial charge in [-0.2, -0.15) is 0 Å². The van der Waals surface area contributed by atoms with E-state index in [0.717, 1.165) is 12.1 Å². The minimum atomic E-state index is -1.18. The summed E-state index contributed by atoms with van der Waals surface area (Å²) in [7, 11) is 0. The van der Waals surface area contributed by atoms with Gasteiger partial charge in [0.05, 0.1) is 5.39 Å². The molecule has 0 bridgehead atoms. The molecule has 0 atom stereocenters. The molecule has 0 saturated carbocycles. The van der Waals surface area contributed by atoms with Crippen molar-refractivity contribution in [1.82, 2.24) is 4.57 Å². The predicted octanol–water partition coefficient (Wildman–Crippen LogP) is 2.21. The maximum atomic E-state index is 12.8. The summed E-state index contributed by atoms with van der Waals surface area (Å²) >= 11 is 0. The summed E-state index contributed by atoms with van der Waals surface area (Å²) in [6, 6.07) is 8.12. The number of aromatic hydroxyl groups is 3. The monoisotopic (exact) mass is 339 g/mol. The van der Waals surface area contributed by atoms with Gasteiger partial charge in [0, 0.05) is 29.4 Å². The van der Waals surface area contributed by atoms with Crippen LogP contribution >= 0.6 is 0 Å². The lowest BCUT2D eigenvalue weighted by atomic mass is 10.0. The van der Waals surface area contributed by atoms with E-state index < -0.39 is 17.3 Å². The van der Waals surface area contributed by atoms with Gasteiger partial charge in [-0.15, -0.1) is 0 Å². The summed E-state index contributed by atoms with van der Waals surface area (Å²) in [5, 5.41) is 38.2. The number of phenols is 3. The number of pyridine rings is 1. The van der Waals surface area contributed by atoms with Gasteiger partial charge in [0.25, 0.3) is 5.56 Å². The van der Waals surface area contributed by atoms with Gasteiger partial charge in [-0.05, 0) is 42.0 Å². The van der Waals surface area contributed by atoms with Crippen molar-refractivity contribution in [2.75, 3.05) is 0 Å². The number of phenolic OH excluding ortho intramolecular Hbond substituents is 3. The van der Waals surface area contributed by atoms with Crippen LogP contribution in [0.1, 0.15) is 5.56 Å². The Morgan fingerprint density at radius 3 is 2.32 bits per heavy atom. The average molecular weight is 339 g/mol. The molecular weight excluding hydrogens is 326 g/mol. The first-order valence-corrected chi connectivity index (χ1v) is 7.18. The molecule has 1 aromatic heterocycles. The van der Waals surface area contributed by atoms with Gasteiger partial charge in [-0.25, -0.2) is 4.79 Å². The van der Waals surface area contributed by atoms with E-state index in [1.165, 1.54) is 47.2 Å². The number of nitrogens with zero attached hydrogens (tertiary/aromatic N) is 1. The summed E-state index contributed by atoms with van der Waals surface area (Å²) in [6.45, 7) is 0. The number of rotatable bonds is 3. The lowest BCUT2D eigenvalue weighted by Crippen LogP contribution is -2.18. The molecule has 0 spiro atoms. The molecule has 0 aliphatic rings. The molecule has 4 N–H and O–H groups in total. The lowest BCUT2D eigenvalue weighted by molar-refractivity contribution is -0.131. The minimum Gasteiger partial charge on any atom is -0.508 e. The second kappa shape index (κ2) is 6.04. The Kier molecular flexibility index (Phi) is 3.90. The molecule has 126 valence electrons. The summed E-state index contributed by atoms with van der Waals surface area (Å²) in [6.07, 6.45) is 3.55. The van der Waals surface area contributed by atoms with Crippen LogP contribution in [0, 0.1) is 0 Å². The van der Waals surface area contributed by atoms with Crippen molar-refractivity contribution in [3.8, 4) is 22.9 Å². The van der Waals surface area contributed by atoms with Crippen molar-refractivity contribution in [2.24, 2.45) is 0 Å². The Morgan fingerprint density at radius 1 is 1.00 bits per heavy atom. The van der Waals surface area contributed by atoms with Crippen molar-refractivity contribution in [3.05, 3.63) is 64.6 Å². The summed E-state index contributed by atoms with van der Waals surface area (Å²) in [5.41, 5.74) is 0.184. The van der Waals surface area contributed by atoms with Crippen LogP contribution in [0.25, 0.3) is 22.5 Å². The van der Waals surface area contributed by atoms with Crippen LogP contribution in [0.4, 0.5) is 0 Å². The van der Waals surface area contributed by atoms with Crippen LogP contribution in [0.3, 0.4) is 0 Å². The van der Waals surface area contributed by atoms with Crippen LogP contribution in [-0.4, -0.2) is 31.0 Å². The first-order chi connectivity index (χ1) is 11.9. The van der Waals surface area contributed by atoms with E-state index in [0.29, 0.717) is 11.3 Å². The van der Waals surface area contributed by atoms with E-state index in [-0.39, 0.29) is 22.3 Å². The van der Waals surface area contributed by atoms with Crippen molar-refractivity contribution in [2.45, 2.75) is 0 Å². The molecule has 0 fully saturated rings. The van der Waals surface area contributed by atoms with Crippen molar-refractivity contribution in [3.63, 3.8) is 0 Å². The second-order valence-electron chi connectivity index (χ2n) is 5.34. The molecule has 0 unspecified atom stereocenters. The highest BCUT2D eigenvalue weighted by Crippen LogP contribution is 2.30. The third-order valence-corrected chi connectivity index (χ3v) is 3.65. The Balaban J connectivity index is 2.39. The maximum absolute atomic E-state index is 12.8. The third kappa shape index (κ3) is 3.02. The average Bonchev–Trinajstić information content (AvgIpc) is 2.54. The molecule has 7 heteroatoms. The van der Waals surface area contributed by atoms with E-state index in [2.05, 4.69) is 0 Å². The zero-order valence-electron chi connectivity index (χ0n) is 12.7. The normalized spacial score (nSPS) is 11.2. The molecule has 0 aliphatic heterocycles. The van der Waals surface area contributed by atoms with Gasteiger partial charge in [0.15, 0.2) is 0 Å². The number of aromatic nitrogens is 1. The zero-order chi connectivity index (χ0) is 18.1. The Bertz CT molecular complexity index is 1060. The highest BCUT2D eigenvalue weighted by molar-refractivity contribution is 5.97. The number of carbonyl (C=O) groups is 1. The van der Waals surface area contributed by atoms with Crippen LogP contribution in [0.5, 0.6) is 17.2 Å². The summed E-state index contributed by atoms with van der Waals surface area (Å²) in [4.78, 5) is 23.6. The molecule has 25 heavy (non-hydrogen) atoms.